The molecule has 0 fully saturated rings. The van der Waals surface area contributed by atoms with Crippen LogP contribution in [0.5, 0.6) is 0 Å². The number of hydrogen-bond acceptors (Lipinski definition) is 7. The van der Waals surface area contributed by atoms with E-state index >= 15 is 0 Å². The van der Waals surface area contributed by atoms with Gasteiger partial charge in [0.15, 0.2) is 11.9 Å². The molecule has 3 aliphatic heterocycles. The maximum atomic E-state index is 14.5. The number of methoxy groups -OCH3 is 1. The number of nitrogens with two attached hydrogens (primary N) is 1. The predicted octanol–water partition coefficient (Wildman–Crippen LogP) is 1.05. The lowest BCUT2D eigenvalue weighted by molar-refractivity contribution is 0.140. The number of ether oxygens (including phenoxy) is 2. The largest absolute Gasteiger partial charge is 0.488 e. The van der Waals surface area contributed by atoms with Crippen LogP contribution < -0.4 is 5.14 Å². The minimum absolute atomic E-state index is 0.134. The quantitative estimate of drug-likeness (QED) is 0.802. The summed E-state index contributed by atoms with van der Waals surface area (Å²) in [6.07, 6.45) is 2.73. The Morgan fingerprint density at radius 2 is 2.07 bits per heavy atom. The fourth-order valence-electron chi connectivity index (χ4n) is 3.26. The van der Waals surface area contributed by atoms with Crippen LogP contribution in [0.3, 0.4) is 0 Å². The molecular weight excluding hydrogens is 394 g/mol. The van der Waals surface area contributed by atoms with E-state index in [1.165, 1.54) is 13.3 Å². The number of rotatable bonds is 3. The molecule has 3 aliphatic rings. The smallest absolute Gasteiger partial charge is 0.238 e. The molecule has 2 N–H and O–H groups in total. The Labute approximate surface area is 159 Å². The van der Waals surface area contributed by atoms with Gasteiger partial charge in [-0.3, -0.25) is 4.99 Å². The zero-order valence-electron chi connectivity index (χ0n) is 14.7. The zero-order chi connectivity index (χ0) is 20.1. The molecule has 4 rings (SSSR count). The number of fused-ring (bicyclic) bond motifs is 2. The molecule has 11 heteroatoms. The lowest BCUT2D eigenvalue weighted by Gasteiger charge is -2.36. The van der Waals surface area contributed by atoms with Gasteiger partial charge in [-0.25, -0.2) is 27.3 Å². The molecule has 0 spiro atoms. The monoisotopic (exact) mass is 410 g/mol. The predicted molar refractivity (Wildman–Crippen MR) is 95.9 cm³/mol. The molecule has 0 saturated carbocycles. The third-order valence-corrected chi connectivity index (χ3v) is 5.48. The SMILES string of the molecule is COC1=NC2N=CC3=C(C2=C1)N(Cc1c(F)cc(S(N)(=O)=O)cc1F)CCO3. The van der Waals surface area contributed by atoms with Crippen LogP contribution in [0.2, 0.25) is 0 Å². The second-order valence-corrected chi connectivity index (χ2v) is 7.88. The second kappa shape index (κ2) is 6.67. The van der Waals surface area contributed by atoms with Crippen molar-refractivity contribution >= 4 is 22.1 Å². The van der Waals surface area contributed by atoms with Crippen molar-refractivity contribution < 1.29 is 26.7 Å². The molecule has 1 atom stereocenters. The number of sulfonamides is 1. The molecule has 1 aromatic rings. The van der Waals surface area contributed by atoms with Gasteiger partial charge in [0.05, 0.1) is 30.5 Å². The Balaban J connectivity index is 1.70. The number of halogens is 2. The first-order valence-electron chi connectivity index (χ1n) is 8.27. The summed E-state index contributed by atoms with van der Waals surface area (Å²) in [6.45, 7) is 0.541. The van der Waals surface area contributed by atoms with Crippen molar-refractivity contribution in [2.45, 2.75) is 17.6 Å². The van der Waals surface area contributed by atoms with Crippen LogP contribution in [0.4, 0.5) is 8.78 Å². The van der Waals surface area contributed by atoms with Gasteiger partial charge in [-0.15, -0.1) is 0 Å². The minimum atomic E-state index is -4.22. The minimum Gasteiger partial charge on any atom is -0.488 e. The molecule has 0 bridgehead atoms. The molecule has 28 heavy (non-hydrogen) atoms. The van der Waals surface area contributed by atoms with Crippen LogP contribution in [0.1, 0.15) is 5.56 Å². The molecule has 148 valence electrons. The number of hydrogen-bond donors (Lipinski definition) is 1. The molecule has 0 radical (unpaired) electrons. The summed E-state index contributed by atoms with van der Waals surface area (Å²) < 4.78 is 62.5. The van der Waals surface area contributed by atoms with Crippen molar-refractivity contribution in [2.75, 3.05) is 20.3 Å². The molecule has 0 aliphatic carbocycles. The Bertz CT molecular complexity index is 1060. The standard InChI is InChI=1S/C17H16F2N4O4S/c1-26-15-6-10-16-14(7-21-17(10)22-15)27-3-2-23(16)8-11-12(18)4-9(5-13(11)19)28(20,24)25/h4-7,17H,2-3,8H2,1H3,(H2,20,24,25). The topological polar surface area (TPSA) is 107 Å². The molecule has 3 heterocycles. The van der Waals surface area contributed by atoms with Crippen molar-refractivity contribution in [3.63, 3.8) is 0 Å². The number of benzene rings is 1. The van der Waals surface area contributed by atoms with Crippen LogP contribution in [-0.2, 0) is 26.0 Å². The first kappa shape index (κ1) is 18.6. The van der Waals surface area contributed by atoms with Crippen molar-refractivity contribution in [3.8, 4) is 0 Å². The van der Waals surface area contributed by atoms with E-state index < -0.39 is 32.7 Å². The summed E-state index contributed by atoms with van der Waals surface area (Å²) >= 11 is 0. The van der Waals surface area contributed by atoms with E-state index in [-0.39, 0.29) is 12.1 Å². The van der Waals surface area contributed by atoms with Gasteiger partial charge in [0.2, 0.25) is 15.9 Å². The third kappa shape index (κ3) is 3.16. The average Bonchev–Trinajstić information content (AvgIpc) is 3.07. The van der Waals surface area contributed by atoms with Crippen LogP contribution in [0, 0.1) is 11.6 Å². The molecule has 1 aromatic carbocycles. The Morgan fingerprint density at radius 3 is 2.71 bits per heavy atom. The van der Waals surface area contributed by atoms with Gasteiger partial charge >= 0.3 is 0 Å². The van der Waals surface area contributed by atoms with Crippen molar-refractivity contribution in [2.24, 2.45) is 15.1 Å². The maximum absolute atomic E-state index is 14.5. The molecule has 1 unspecified atom stereocenters. The molecule has 0 aromatic heterocycles. The number of dihydropyridines is 1. The highest BCUT2D eigenvalue weighted by molar-refractivity contribution is 7.89. The van der Waals surface area contributed by atoms with Gasteiger partial charge in [-0.2, -0.15) is 0 Å². The van der Waals surface area contributed by atoms with Gasteiger partial charge in [-0.05, 0) is 12.1 Å². The van der Waals surface area contributed by atoms with E-state index in [9.17, 15) is 17.2 Å². The summed E-state index contributed by atoms with van der Waals surface area (Å²) in [7, 11) is -2.73. The highest BCUT2D eigenvalue weighted by Crippen LogP contribution is 2.35. The van der Waals surface area contributed by atoms with Gasteiger partial charge in [0, 0.05) is 23.8 Å². The van der Waals surface area contributed by atoms with Crippen LogP contribution in [0.25, 0.3) is 0 Å². The van der Waals surface area contributed by atoms with E-state index in [1.54, 1.807) is 11.0 Å². The fourth-order valence-corrected chi connectivity index (χ4v) is 3.79. The Kier molecular flexibility index (Phi) is 4.42. The van der Waals surface area contributed by atoms with E-state index in [1.807, 2.05) is 0 Å². The van der Waals surface area contributed by atoms with Gasteiger partial charge in [0.25, 0.3) is 0 Å². The fraction of sp³-hybridized carbons (Fsp3) is 0.294. The summed E-state index contributed by atoms with van der Waals surface area (Å²) in [5.41, 5.74) is 1.05. The Hall–Kier alpha value is -2.79. The maximum Gasteiger partial charge on any atom is 0.238 e. The molecule has 0 saturated heterocycles. The summed E-state index contributed by atoms with van der Waals surface area (Å²) in [6, 6.07) is 1.44. The normalized spacial score (nSPS) is 21.0. The van der Waals surface area contributed by atoms with Crippen LogP contribution in [-0.4, -0.2) is 51.9 Å². The van der Waals surface area contributed by atoms with Crippen molar-refractivity contribution in [1.29, 1.82) is 0 Å². The Morgan fingerprint density at radius 1 is 1.36 bits per heavy atom. The van der Waals surface area contributed by atoms with E-state index in [0.29, 0.717) is 36.1 Å². The molecular formula is C17H16F2N4O4S. The van der Waals surface area contributed by atoms with Crippen LogP contribution in [0.15, 0.2) is 50.1 Å². The second-order valence-electron chi connectivity index (χ2n) is 6.32. The van der Waals surface area contributed by atoms with Gasteiger partial charge < -0.3 is 14.4 Å². The average molecular weight is 410 g/mol. The van der Waals surface area contributed by atoms with E-state index in [0.717, 1.165) is 12.1 Å². The van der Waals surface area contributed by atoms with Crippen molar-refractivity contribution in [1.82, 2.24) is 4.90 Å². The number of nitrogens with zero attached hydrogens (tertiary/aromatic N) is 3. The highest BCUT2D eigenvalue weighted by Gasteiger charge is 2.35. The molecule has 0 amide bonds. The number of aliphatic imine (C=N–C) groups is 2. The zero-order valence-corrected chi connectivity index (χ0v) is 15.5. The van der Waals surface area contributed by atoms with E-state index in [4.69, 9.17) is 14.6 Å². The first-order chi connectivity index (χ1) is 13.3. The van der Waals surface area contributed by atoms with Gasteiger partial charge in [0.1, 0.15) is 18.2 Å². The number of primary sulfonamides is 1. The van der Waals surface area contributed by atoms with Gasteiger partial charge in [-0.1, -0.05) is 0 Å². The lowest BCUT2D eigenvalue weighted by atomic mass is 10.0. The summed E-state index contributed by atoms with van der Waals surface area (Å²) in [5.74, 6) is -1.12. The summed E-state index contributed by atoms with van der Waals surface area (Å²) in [4.78, 5) is 9.71. The number of allylic oxidation sites excluding steroid dienone is 1. The molecule has 8 nitrogen and oxygen atoms in total. The first-order valence-corrected chi connectivity index (χ1v) is 9.82. The summed E-state index contributed by atoms with van der Waals surface area (Å²) in [5, 5.41) is 4.96. The lowest BCUT2D eigenvalue weighted by Crippen LogP contribution is -2.37. The van der Waals surface area contributed by atoms with Crippen molar-refractivity contribution in [3.05, 3.63) is 52.4 Å². The van der Waals surface area contributed by atoms with Crippen LogP contribution >= 0.6 is 0 Å². The third-order valence-electron chi connectivity index (χ3n) is 4.58. The van der Waals surface area contributed by atoms with E-state index in [2.05, 4.69) is 9.98 Å². The highest BCUT2D eigenvalue weighted by atomic mass is 32.2.